The predicted octanol–water partition coefficient (Wildman–Crippen LogP) is 2.61. The number of nitrogens with one attached hydrogen (secondary N) is 1. The molecule has 10 nitrogen and oxygen atoms in total. The largest absolute Gasteiger partial charge is 0.474 e. The first kappa shape index (κ1) is 21.9. The number of hydrogen-bond acceptors (Lipinski definition) is 8. The van der Waals surface area contributed by atoms with Gasteiger partial charge < -0.3 is 23.9 Å². The summed E-state index contributed by atoms with van der Waals surface area (Å²) in [6.07, 6.45) is -0.230. The number of amides is 2. The van der Waals surface area contributed by atoms with Crippen LogP contribution in [0.5, 0.6) is 0 Å². The highest BCUT2D eigenvalue weighted by Crippen LogP contribution is 2.52. The Kier molecular flexibility index (Phi) is 8.50. The molecule has 0 fully saturated rings. The minimum Gasteiger partial charge on any atom is -0.474 e. The quantitative estimate of drug-likeness (QED) is 0.206. The van der Waals surface area contributed by atoms with Crippen LogP contribution in [0.1, 0.15) is 49.6 Å². The van der Waals surface area contributed by atoms with Crippen molar-refractivity contribution in [3.05, 3.63) is 23.2 Å². The van der Waals surface area contributed by atoms with Crippen molar-refractivity contribution in [1.29, 1.82) is 0 Å². The zero-order valence-electron chi connectivity index (χ0n) is 15.2. The van der Waals surface area contributed by atoms with Crippen molar-refractivity contribution >= 4 is 25.3 Å². The average molecular weight is 389 g/mol. The van der Waals surface area contributed by atoms with Gasteiger partial charge in [-0.15, -0.1) is 5.10 Å². The number of Topliss-reactive ketones (excluding diaryl/α,β-unsaturated/α-hetero) is 1. The van der Waals surface area contributed by atoms with Crippen LogP contribution in [0, 0.1) is 0 Å². The number of rotatable bonds is 10. The molecule has 1 rings (SSSR count). The molecule has 0 saturated carbocycles. The molecule has 0 aliphatic rings. The molecule has 1 heterocycles. The summed E-state index contributed by atoms with van der Waals surface area (Å²) >= 11 is 0. The number of furan rings is 1. The van der Waals surface area contributed by atoms with Crippen LogP contribution in [0.4, 0.5) is 4.79 Å². The first-order chi connectivity index (χ1) is 12.3. The molecule has 11 heteroatoms. The number of nitrogens with two attached hydrogens (primary N) is 1. The first-order valence-electron chi connectivity index (χ1n) is 8.04. The zero-order valence-corrected chi connectivity index (χ0v) is 16.1. The van der Waals surface area contributed by atoms with Gasteiger partial charge in [0.05, 0.1) is 25.4 Å². The Bertz CT molecular complexity index is 704. The lowest BCUT2D eigenvalue weighted by Crippen LogP contribution is -2.26. The topological polar surface area (TPSA) is 142 Å². The molecule has 26 heavy (non-hydrogen) atoms. The lowest BCUT2D eigenvalue weighted by Gasteiger charge is -2.16. The molecule has 1 aromatic heterocycles. The van der Waals surface area contributed by atoms with Gasteiger partial charge in [-0.05, 0) is 27.7 Å². The molecule has 0 aliphatic heterocycles. The Morgan fingerprint density at radius 1 is 1.23 bits per heavy atom. The van der Waals surface area contributed by atoms with Gasteiger partial charge in [0.25, 0.3) is 5.90 Å². The van der Waals surface area contributed by atoms with Gasteiger partial charge in [0.15, 0.2) is 11.5 Å². The summed E-state index contributed by atoms with van der Waals surface area (Å²) < 4.78 is 34.1. The number of urea groups is 1. The SMILES string of the molecule is CCOC(=NNC(N)=O)c1cc(C(C)=O)c(CP(=O)(OCC)OCC)o1. The normalized spacial score (nSPS) is 12.1. The lowest BCUT2D eigenvalue weighted by atomic mass is 10.2. The van der Waals surface area contributed by atoms with Gasteiger partial charge in [0.1, 0.15) is 11.9 Å². The second kappa shape index (κ2) is 10.1. The summed E-state index contributed by atoms with van der Waals surface area (Å²) in [7, 11) is -3.49. The molecule has 0 saturated heterocycles. The van der Waals surface area contributed by atoms with E-state index in [0.717, 1.165) is 0 Å². The van der Waals surface area contributed by atoms with E-state index in [0.29, 0.717) is 0 Å². The van der Waals surface area contributed by atoms with E-state index in [9.17, 15) is 14.2 Å². The van der Waals surface area contributed by atoms with E-state index in [-0.39, 0.29) is 54.7 Å². The van der Waals surface area contributed by atoms with Crippen LogP contribution >= 0.6 is 7.60 Å². The fourth-order valence-corrected chi connectivity index (χ4v) is 3.68. The minimum atomic E-state index is -3.49. The minimum absolute atomic E-state index is 0.0698. The smallest absolute Gasteiger partial charge is 0.338 e. The van der Waals surface area contributed by atoms with E-state index in [1.165, 1.54) is 13.0 Å². The molecule has 2 amide bonds. The van der Waals surface area contributed by atoms with Crippen molar-refractivity contribution in [3.63, 3.8) is 0 Å². The van der Waals surface area contributed by atoms with Crippen molar-refractivity contribution in [2.75, 3.05) is 19.8 Å². The maximum Gasteiger partial charge on any atom is 0.338 e. The van der Waals surface area contributed by atoms with Gasteiger partial charge >= 0.3 is 13.6 Å². The van der Waals surface area contributed by atoms with E-state index in [1.807, 2.05) is 5.43 Å². The highest BCUT2D eigenvalue weighted by Gasteiger charge is 2.30. The molecular weight excluding hydrogens is 365 g/mol. The predicted molar refractivity (Wildman–Crippen MR) is 94.2 cm³/mol. The maximum absolute atomic E-state index is 12.7. The van der Waals surface area contributed by atoms with Crippen LogP contribution < -0.4 is 11.2 Å². The van der Waals surface area contributed by atoms with Gasteiger partial charge in [-0.3, -0.25) is 9.36 Å². The fourth-order valence-electron chi connectivity index (χ4n) is 2.05. The molecular formula is C15H24N3O7P. The summed E-state index contributed by atoms with van der Waals surface area (Å²) in [4.78, 5) is 22.8. The number of carbonyl (C=O) groups is 2. The first-order valence-corrected chi connectivity index (χ1v) is 9.77. The summed E-state index contributed by atoms with van der Waals surface area (Å²) in [6.45, 7) is 6.97. The summed E-state index contributed by atoms with van der Waals surface area (Å²) in [5.74, 6) is -0.208. The summed E-state index contributed by atoms with van der Waals surface area (Å²) in [5, 5.41) is 3.70. The molecule has 0 radical (unpaired) electrons. The molecule has 0 spiro atoms. The van der Waals surface area contributed by atoms with Crippen LogP contribution in [0.15, 0.2) is 15.6 Å². The van der Waals surface area contributed by atoms with E-state index < -0.39 is 13.6 Å². The second-order valence-electron chi connectivity index (χ2n) is 4.93. The molecule has 0 aromatic carbocycles. The molecule has 0 atom stereocenters. The van der Waals surface area contributed by atoms with Crippen molar-refractivity contribution < 1.29 is 32.4 Å². The monoisotopic (exact) mass is 389 g/mol. The Labute approximate surface area is 151 Å². The van der Waals surface area contributed by atoms with E-state index in [1.54, 1.807) is 20.8 Å². The third kappa shape index (κ3) is 6.29. The highest BCUT2D eigenvalue weighted by molar-refractivity contribution is 7.53. The number of ether oxygens (including phenoxy) is 1. The fraction of sp³-hybridized carbons (Fsp3) is 0.533. The van der Waals surface area contributed by atoms with Crippen LogP contribution in [0.25, 0.3) is 0 Å². The lowest BCUT2D eigenvalue weighted by molar-refractivity contribution is 0.101. The second-order valence-corrected chi connectivity index (χ2v) is 6.99. The van der Waals surface area contributed by atoms with E-state index in [2.05, 4.69) is 5.10 Å². The van der Waals surface area contributed by atoms with Crippen molar-refractivity contribution in [2.45, 2.75) is 33.9 Å². The number of carbonyl (C=O) groups excluding carboxylic acids is 2. The van der Waals surface area contributed by atoms with Crippen LogP contribution in [0.2, 0.25) is 0 Å². The zero-order chi connectivity index (χ0) is 19.7. The maximum atomic E-state index is 12.7. The molecule has 0 aliphatic carbocycles. The number of hydrazone groups is 1. The standard InChI is InChI=1S/C15H24N3O7P/c1-5-22-14(17-18-15(16)20)12-8-11(10(4)19)13(25-12)9-26(21,23-6-2)24-7-3/h8H,5-7,9H2,1-4H3,(H3,16,18,20). The van der Waals surface area contributed by atoms with Gasteiger partial charge in [-0.1, -0.05) is 0 Å². The Balaban J connectivity index is 3.28. The number of ketones is 1. The van der Waals surface area contributed by atoms with E-state index in [4.69, 9.17) is 23.9 Å². The van der Waals surface area contributed by atoms with Crippen LogP contribution in [-0.4, -0.2) is 37.5 Å². The Morgan fingerprint density at radius 2 is 1.85 bits per heavy atom. The molecule has 0 bridgehead atoms. The number of primary amides is 1. The van der Waals surface area contributed by atoms with Crippen molar-refractivity contribution in [3.8, 4) is 0 Å². The highest BCUT2D eigenvalue weighted by atomic mass is 31.2. The molecule has 146 valence electrons. The van der Waals surface area contributed by atoms with Crippen LogP contribution in [0.3, 0.4) is 0 Å². The Hall–Kier alpha value is -2.16. The van der Waals surface area contributed by atoms with E-state index >= 15 is 0 Å². The van der Waals surface area contributed by atoms with Crippen molar-refractivity contribution in [1.82, 2.24) is 5.43 Å². The number of nitrogens with zero attached hydrogens (tertiary/aromatic N) is 1. The van der Waals surface area contributed by atoms with Gasteiger partial charge in [0.2, 0.25) is 0 Å². The van der Waals surface area contributed by atoms with Gasteiger partial charge in [-0.25, -0.2) is 10.2 Å². The van der Waals surface area contributed by atoms with Gasteiger partial charge in [-0.2, -0.15) is 0 Å². The molecule has 1 aromatic rings. The molecule has 0 unspecified atom stereocenters. The Morgan fingerprint density at radius 3 is 2.31 bits per heavy atom. The van der Waals surface area contributed by atoms with Crippen LogP contribution in [-0.2, 0) is 24.5 Å². The molecule has 3 N–H and O–H groups in total. The summed E-state index contributed by atoms with van der Waals surface area (Å²) in [6, 6.07) is 0.495. The third-order valence-corrected chi connectivity index (χ3v) is 4.91. The number of hydrogen-bond donors (Lipinski definition) is 2. The van der Waals surface area contributed by atoms with Crippen molar-refractivity contribution in [2.24, 2.45) is 10.8 Å². The average Bonchev–Trinajstić information content (AvgIpc) is 2.95. The summed E-state index contributed by atoms with van der Waals surface area (Å²) in [5.41, 5.74) is 7.20. The van der Waals surface area contributed by atoms with Gasteiger partial charge in [0, 0.05) is 6.07 Å². The third-order valence-electron chi connectivity index (χ3n) is 2.94.